The molecule has 0 aromatic heterocycles. The summed E-state index contributed by atoms with van der Waals surface area (Å²) in [6.07, 6.45) is 7.70. The van der Waals surface area contributed by atoms with E-state index in [4.69, 9.17) is 4.74 Å². The van der Waals surface area contributed by atoms with Gasteiger partial charge in [0.25, 0.3) is 0 Å². The van der Waals surface area contributed by atoms with Crippen LogP contribution < -0.4 is 0 Å². The van der Waals surface area contributed by atoms with Crippen LogP contribution in [0.3, 0.4) is 0 Å². The lowest BCUT2D eigenvalue weighted by Crippen LogP contribution is -2.12. The van der Waals surface area contributed by atoms with E-state index < -0.39 is 11.9 Å². The Bertz CT molecular complexity index is 434. The molecule has 0 unspecified atom stereocenters. The number of benzene rings is 1. The van der Waals surface area contributed by atoms with E-state index in [0.29, 0.717) is 12.0 Å². The Morgan fingerprint density at radius 3 is 2.19 bits per heavy atom. The molecule has 0 atom stereocenters. The standard InChI is InChI=1S/C18H26O3/c1-3-5-6-7-8-10-17(19)21-18(20)16-13-11-15(9-4-2)12-14-16/h11-14H,3-10H2,1-2H3. The minimum absolute atomic E-state index is 0.323. The molecule has 0 radical (unpaired) electrons. The van der Waals surface area contributed by atoms with Gasteiger partial charge in [0.05, 0.1) is 5.56 Å². The number of hydrogen-bond acceptors (Lipinski definition) is 3. The van der Waals surface area contributed by atoms with Gasteiger partial charge in [-0.15, -0.1) is 0 Å². The highest BCUT2D eigenvalue weighted by Crippen LogP contribution is 2.10. The lowest BCUT2D eigenvalue weighted by molar-refractivity contribution is -0.138. The Morgan fingerprint density at radius 1 is 0.905 bits per heavy atom. The molecule has 0 aliphatic rings. The van der Waals surface area contributed by atoms with Crippen LogP contribution in [0.2, 0.25) is 0 Å². The van der Waals surface area contributed by atoms with Crippen LogP contribution in [0.4, 0.5) is 0 Å². The fourth-order valence-corrected chi connectivity index (χ4v) is 2.18. The summed E-state index contributed by atoms with van der Waals surface area (Å²) in [5, 5.41) is 0. The van der Waals surface area contributed by atoms with Gasteiger partial charge in [0, 0.05) is 6.42 Å². The molecular weight excluding hydrogens is 264 g/mol. The van der Waals surface area contributed by atoms with E-state index in [1.54, 1.807) is 12.1 Å². The largest absolute Gasteiger partial charge is 0.389 e. The Kier molecular flexibility index (Phi) is 8.41. The summed E-state index contributed by atoms with van der Waals surface area (Å²) in [7, 11) is 0. The Labute approximate surface area is 127 Å². The molecule has 0 fully saturated rings. The summed E-state index contributed by atoms with van der Waals surface area (Å²) in [4.78, 5) is 23.4. The maximum absolute atomic E-state index is 11.8. The maximum atomic E-state index is 11.8. The quantitative estimate of drug-likeness (QED) is 0.376. The van der Waals surface area contributed by atoms with Crippen LogP contribution in [-0.4, -0.2) is 11.9 Å². The second kappa shape index (κ2) is 10.1. The molecule has 21 heavy (non-hydrogen) atoms. The molecule has 0 aliphatic heterocycles. The monoisotopic (exact) mass is 290 g/mol. The van der Waals surface area contributed by atoms with E-state index in [0.717, 1.165) is 32.1 Å². The first-order chi connectivity index (χ1) is 10.2. The number of rotatable bonds is 9. The summed E-state index contributed by atoms with van der Waals surface area (Å²) in [5.41, 5.74) is 1.63. The summed E-state index contributed by atoms with van der Waals surface area (Å²) in [5.74, 6) is -0.967. The van der Waals surface area contributed by atoms with E-state index in [9.17, 15) is 9.59 Å². The molecule has 1 aromatic rings. The van der Waals surface area contributed by atoms with Gasteiger partial charge < -0.3 is 4.74 Å². The molecule has 0 aliphatic carbocycles. The SMILES string of the molecule is CCCCCCCC(=O)OC(=O)c1ccc(CCC)cc1. The number of unbranched alkanes of at least 4 members (excludes halogenated alkanes) is 4. The van der Waals surface area contributed by atoms with E-state index in [2.05, 4.69) is 13.8 Å². The Hall–Kier alpha value is -1.64. The Morgan fingerprint density at radius 2 is 1.57 bits per heavy atom. The molecule has 0 heterocycles. The Balaban J connectivity index is 2.33. The number of esters is 2. The van der Waals surface area contributed by atoms with Gasteiger partial charge in [-0.1, -0.05) is 58.1 Å². The average Bonchev–Trinajstić information content (AvgIpc) is 2.48. The molecule has 0 spiro atoms. The van der Waals surface area contributed by atoms with Crippen molar-refractivity contribution >= 4 is 11.9 Å². The molecule has 1 rings (SSSR count). The second-order valence-corrected chi connectivity index (χ2v) is 5.37. The van der Waals surface area contributed by atoms with Crippen molar-refractivity contribution in [3.05, 3.63) is 35.4 Å². The molecule has 0 saturated carbocycles. The zero-order chi connectivity index (χ0) is 15.5. The molecule has 0 amide bonds. The van der Waals surface area contributed by atoms with E-state index in [-0.39, 0.29) is 0 Å². The van der Waals surface area contributed by atoms with Crippen LogP contribution in [0.1, 0.15) is 74.7 Å². The molecular formula is C18H26O3. The third kappa shape index (κ3) is 7.07. The number of carbonyl (C=O) groups excluding carboxylic acids is 2. The number of ether oxygens (including phenoxy) is 1. The van der Waals surface area contributed by atoms with Gasteiger partial charge in [0.1, 0.15) is 0 Å². The highest BCUT2D eigenvalue weighted by Gasteiger charge is 2.12. The van der Waals surface area contributed by atoms with Gasteiger partial charge in [-0.05, 0) is 30.5 Å². The zero-order valence-corrected chi connectivity index (χ0v) is 13.2. The number of hydrogen-bond donors (Lipinski definition) is 0. The van der Waals surface area contributed by atoms with Crippen LogP contribution >= 0.6 is 0 Å². The fourth-order valence-electron chi connectivity index (χ4n) is 2.18. The van der Waals surface area contributed by atoms with Crippen molar-refractivity contribution in [3.63, 3.8) is 0 Å². The second-order valence-electron chi connectivity index (χ2n) is 5.37. The van der Waals surface area contributed by atoms with Crippen molar-refractivity contribution in [3.8, 4) is 0 Å². The minimum Gasteiger partial charge on any atom is -0.389 e. The summed E-state index contributed by atoms with van der Waals surface area (Å²) < 4.78 is 4.86. The summed E-state index contributed by atoms with van der Waals surface area (Å²) in [6, 6.07) is 7.27. The van der Waals surface area contributed by atoms with E-state index in [1.807, 2.05) is 12.1 Å². The van der Waals surface area contributed by atoms with Gasteiger partial charge in [-0.2, -0.15) is 0 Å². The first kappa shape index (κ1) is 17.4. The predicted molar refractivity (Wildman–Crippen MR) is 84.2 cm³/mol. The molecule has 0 bridgehead atoms. The lowest BCUT2D eigenvalue weighted by Gasteiger charge is -2.04. The molecule has 1 aromatic carbocycles. The van der Waals surface area contributed by atoms with Gasteiger partial charge in [-0.25, -0.2) is 4.79 Å². The van der Waals surface area contributed by atoms with Crippen LogP contribution in [0.5, 0.6) is 0 Å². The maximum Gasteiger partial charge on any atom is 0.345 e. The van der Waals surface area contributed by atoms with Crippen molar-refractivity contribution in [1.82, 2.24) is 0 Å². The average molecular weight is 290 g/mol. The third-order valence-electron chi connectivity index (χ3n) is 3.42. The number of aryl methyl sites for hydroxylation is 1. The van der Waals surface area contributed by atoms with Crippen molar-refractivity contribution in [2.45, 2.75) is 65.2 Å². The molecule has 3 nitrogen and oxygen atoms in total. The van der Waals surface area contributed by atoms with E-state index >= 15 is 0 Å². The van der Waals surface area contributed by atoms with Crippen LogP contribution in [-0.2, 0) is 16.0 Å². The van der Waals surface area contributed by atoms with Crippen molar-refractivity contribution in [2.24, 2.45) is 0 Å². The lowest BCUT2D eigenvalue weighted by atomic mass is 10.1. The van der Waals surface area contributed by atoms with Gasteiger partial charge in [0.15, 0.2) is 0 Å². The van der Waals surface area contributed by atoms with Crippen molar-refractivity contribution in [2.75, 3.05) is 0 Å². The third-order valence-corrected chi connectivity index (χ3v) is 3.42. The zero-order valence-electron chi connectivity index (χ0n) is 13.2. The van der Waals surface area contributed by atoms with Crippen LogP contribution in [0.25, 0.3) is 0 Å². The highest BCUT2D eigenvalue weighted by atomic mass is 16.6. The van der Waals surface area contributed by atoms with E-state index in [1.165, 1.54) is 18.4 Å². The first-order valence-corrected chi connectivity index (χ1v) is 8.01. The molecule has 116 valence electrons. The molecule has 0 saturated heterocycles. The highest BCUT2D eigenvalue weighted by molar-refractivity contribution is 5.96. The van der Waals surface area contributed by atoms with Gasteiger partial charge in [0.2, 0.25) is 0 Å². The predicted octanol–water partition coefficient (Wildman–Crippen LogP) is 4.68. The van der Waals surface area contributed by atoms with Crippen LogP contribution in [0.15, 0.2) is 24.3 Å². The minimum atomic E-state index is -0.545. The molecule has 3 heteroatoms. The van der Waals surface area contributed by atoms with Gasteiger partial charge >= 0.3 is 11.9 Å². The smallest absolute Gasteiger partial charge is 0.345 e. The first-order valence-electron chi connectivity index (χ1n) is 8.01. The van der Waals surface area contributed by atoms with Crippen LogP contribution in [0, 0.1) is 0 Å². The fraction of sp³-hybridized carbons (Fsp3) is 0.556. The summed E-state index contributed by atoms with van der Waals surface area (Å²) in [6.45, 7) is 4.26. The van der Waals surface area contributed by atoms with Gasteiger partial charge in [-0.3, -0.25) is 4.79 Å². The van der Waals surface area contributed by atoms with Crippen molar-refractivity contribution in [1.29, 1.82) is 0 Å². The van der Waals surface area contributed by atoms with Crippen molar-refractivity contribution < 1.29 is 14.3 Å². The number of carbonyl (C=O) groups is 2. The normalized spacial score (nSPS) is 10.4. The topological polar surface area (TPSA) is 43.4 Å². The summed E-state index contributed by atoms with van der Waals surface area (Å²) >= 11 is 0. The molecule has 0 N–H and O–H groups in total.